The largest absolute Gasteiger partial charge is 0.126 e. The summed E-state index contributed by atoms with van der Waals surface area (Å²) in [4.78, 5) is -0.136. The van der Waals surface area contributed by atoms with Crippen LogP contribution < -0.4 is 0 Å². The van der Waals surface area contributed by atoms with Gasteiger partial charge in [0.1, 0.15) is 4.84 Å². The molecule has 0 aromatic rings. The summed E-state index contributed by atoms with van der Waals surface area (Å²) in [5.41, 5.74) is 0. The first-order valence-corrected chi connectivity index (χ1v) is 16.3. The van der Waals surface area contributed by atoms with Gasteiger partial charge in [0.25, 0.3) is 0 Å². The van der Waals surface area contributed by atoms with Gasteiger partial charge in [0.05, 0.1) is 0 Å². The summed E-state index contributed by atoms with van der Waals surface area (Å²) < 4.78 is 0. The summed E-state index contributed by atoms with van der Waals surface area (Å²) in [6, 6.07) is 0. The first kappa shape index (κ1) is 28.1. The average molecular weight is 540 g/mol. The lowest BCUT2D eigenvalue weighted by Crippen LogP contribution is -2.23. The van der Waals surface area contributed by atoms with Gasteiger partial charge < -0.3 is 0 Å². The van der Waals surface area contributed by atoms with Gasteiger partial charge in [-0.1, -0.05) is 69.6 Å². The van der Waals surface area contributed by atoms with Crippen molar-refractivity contribution in [3.8, 4) is 0 Å². The third-order valence-electron chi connectivity index (χ3n) is 10.3. The number of rotatable bonds is 8. The zero-order chi connectivity index (χ0) is 24.8. The van der Waals surface area contributed by atoms with E-state index in [0.717, 1.165) is 59.1 Å². The number of alkyl halides is 3. The molecule has 0 spiro atoms. The van der Waals surface area contributed by atoms with Crippen LogP contribution in [0.1, 0.15) is 90.9 Å². The molecule has 0 aromatic carbocycles. The van der Waals surface area contributed by atoms with E-state index in [9.17, 15) is 0 Å². The highest BCUT2D eigenvalue weighted by molar-refractivity contribution is 6.44. The highest BCUT2D eigenvalue weighted by Crippen LogP contribution is 2.59. The van der Waals surface area contributed by atoms with E-state index < -0.39 is 0 Å². The van der Waals surface area contributed by atoms with Gasteiger partial charge in [-0.05, 0) is 117 Å². The minimum absolute atomic E-state index is 0.136. The van der Waals surface area contributed by atoms with Crippen LogP contribution in [0.3, 0.4) is 0 Å². The van der Waals surface area contributed by atoms with Crippen molar-refractivity contribution in [1.82, 2.24) is 0 Å². The highest BCUT2D eigenvalue weighted by Gasteiger charge is 2.52. The van der Waals surface area contributed by atoms with Gasteiger partial charge in [-0.25, -0.2) is 0 Å². The summed E-state index contributed by atoms with van der Waals surface area (Å²) in [5.74, 6) is 9.56. The van der Waals surface area contributed by atoms with E-state index >= 15 is 0 Å². The predicted octanol–water partition coefficient (Wildman–Crippen LogP) is 10.6. The molecule has 6 aliphatic carbocycles. The van der Waals surface area contributed by atoms with Crippen molar-refractivity contribution < 1.29 is 0 Å². The topological polar surface area (TPSA) is 0 Å². The van der Waals surface area contributed by atoms with Crippen molar-refractivity contribution >= 4 is 34.8 Å². The minimum Gasteiger partial charge on any atom is -0.126 e. The maximum Gasteiger partial charge on any atom is 0.110 e. The van der Waals surface area contributed by atoms with E-state index in [1.807, 2.05) is 0 Å². The van der Waals surface area contributed by atoms with E-state index in [2.05, 4.69) is 50.3 Å². The summed E-state index contributed by atoms with van der Waals surface area (Å²) >= 11 is 18.0. The first-order valence-electron chi connectivity index (χ1n) is 14.9. The van der Waals surface area contributed by atoms with Crippen LogP contribution in [-0.4, -0.2) is 10.7 Å². The Kier molecular flexibility index (Phi) is 11.0. The number of halogens is 3. The molecular formula is C32H49Cl3. The number of hydrogen-bond acceptors (Lipinski definition) is 0. The SMILES string of the molecule is CCC=CCCCCCC.ClC(Cl)C1CCC2C3C=CC(C3)C12.ClCC1CCC2C3C=CC(C3)C12. The second-order valence-electron chi connectivity index (χ2n) is 12.2. The van der Waals surface area contributed by atoms with Crippen LogP contribution in [0, 0.1) is 59.2 Å². The summed E-state index contributed by atoms with van der Waals surface area (Å²) in [6.45, 7) is 4.43. The van der Waals surface area contributed by atoms with Gasteiger partial charge in [-0.3, -0.25) is 0 Å². The van der Waals surface area contributed by atoms with Gasteiger partial charge in [0.2, 0.25) is 0 Å². The molecule has 6 rings (SSSR count). The lowest BCUT2D eigenvalue weighted by Gasteiger charge is -2.26. The fourth-order valence-corrected chi connectivity index (χ4v) is 9.64. The Morgan fingerprint density at radius 2 is 1.37 bits per heavy atom. The summed E-state index contributed by atoms with van der Waals surface area (Å²) in [6.07, 6.45) is 30.6. The van der Waals surface area contributed by atoms with Gasteiger partial charge in [0.15, 0.2) is 0 Å². The molecule has 0 heterocycles. The van der Waals surface area contributed by atoms with Crippen LogP contribution in [0.15, 0.2) is 36.5 Å². The van der Waals surface area contributed by atoms with Gasteiger partial charge in [0, 0.05) is 5.88 Å². The molecule has 4 fully saturated rings. The molecule has 0 radical (unpaired) electrons. The number of fused-ring (bicyclic) bond motifs is 10. The van der Waals surface area contributed by atoms with Crippen LogP contribution in [0.25, 0.3) is 0 Å². The summed E-state index contributed by atoms with van der Waals surface area (Å²) in [5, 5.41) is 0. The van der Waals surface area contributed by atoms with Crippen molar-refractivity contribution in [2.24, 2.45) is 59.2 Å². The van der Waals surface area contributed by atoms with Crippen LogP contribution >= 0.6 is 34.8 Å². The van der Waals surface area contributed by atoms with Gasteiger partial charge in [-0.2, -0.15) is 0 Å². The summed E-state index contributed by atoms with van der Waals surface area (Å²) in [7, 11) is 0. The molecular weight excluding hydrogens is 491 g/mol. The quantitative estimate of drug-likeness (QED) is 0.163. The Hall–Kier alpha value is 0.0900. The fraction of sp³-hybridized carbons (Fsp3) is 0.812. The van der Waals surface area contributed by atoms with E-state index in [4.69, 9.17) is 34.8 Å². The second kappa shape index (κ2) is 13.8. The lowest BCUT2D eigenvalue weighted by molar-refractivity contribution is 0.299. The zero-order valence-electron chi connectivity index (χ0n) is 22.1. The third-order valence-corrected chi connectivity index (χ3v) is 11.3. The minimum atomic E-state index is -0.136. The monoisotopic (exact) mass is 538 g/mol. The molecule has 10 atom stereocenters. The molecule has 3 heteroatoms. The smallest absolute Gasteiger partial charge is 0.110 e. The van der Waals surface area contributed by atoms with Crippen LogP contribution in [0.4, 0.5) is 0 Å². The molecule has 0 aromatic heterocycles. The van der Waals surface area contributed by atoms with Crippen LogP contribution in [0.5, 0.6) is 0 Å². The molecule has 198 valence electrons. The highest BCUT2D eigenvalue weighted by atomic mass is 35.5. The van der Waals surface area contributed by atoms with Crippen molar-refractivity contribution in [2.75, 3.05) is 5.88 Å². The van der Waals surface area contributed by atoms with E-state index in [-0.39, 0.29) is 4.84 Å². The van der Waals surface area contributed by atoms with Crippen molar-refractivity contribution in [2.45, 2.75) is 95.7 Å². The van der Waals surface area contributed by atoms with Crippen molar-refractivity contribution in [1.29, 1.82) is 0 Å². The molecule has 0 amide bonds. The van der Waals surface area contributed by atoms with Gasteiger partial charge in [-0.15, -0.1) is 34.8 Å². The Morgan fingerprint density at radius 1 is 0.743 bits per heavy atom. The van der Waals surface area contributed by atoms with E-state index in [1.54, 1.807) is 0 Å². The second-order valence-corrected chi connectivity index (χ2v) is 13.6. The normalized spacial score (nSPS) is 41.3. The van der Waals surface area contributed by atoms with E-state index in [0.29, 0.717) is 5.92 Å². The Balaban J connectivity index is 0.000000125. The van der Waals surface area contributed by atoms with Gasteiger partial charge >= 0.3 is 0 Å². The van der Waals surface area contributed by atoms with Crippen LogP contribution in [0.2, 0.25) is 0 Å². The van der Waals surface area contributed by atoms with Crippen molar-refractivity contribution in [3.05, 3.63) is 36.5 Å². The predicted molar refractivity (Wildman–Crippen MR) is 155 cm³/mol. The molecule has 4 saturated carbocycles. The van der Waals surface area contributed by atoms with Crippen molar-refractivity contribution in [3.63, 3.8) is 0 Å². The molecule has 6 aliphatic rings. The van der Waals surface area contributed by atoms with E-state index in [1.165, 1.54) is 77.0 Å². The average Bonchev–Trinajstić information content (AvgIpc) is 3.68. The molecule has 35 heavy (non-hydrogen) atoms. The van der Waals surface area contributed by atoms with Crippen LogP contribution in [-0.2, 0) is 0 Å². The third kappa shape index (κ3) is 6.57. The molecule has 0 saturated heterocycles. The lowest BCUT2D eigenvalue weighted by atomic mass is 9.82. The Bertz CT molecular complexity index is 724. The molecule has 10 unspecified atom stereocenters. The maximum atomic E-state index is 6.03. The number of hydrogen-bond donors (Lipinski definition) is 0. The fourth-order valence-electron chi connectivity index (χ4n) is 8.70. The number of allylic oxidation sites excluding steroid dienone is 6. The zero-order valence-corrected chi connectivity index (χ0v) is 24.4. The first-order chi connectivity index (χ1) is 17.1. The number of unbranched alkanes of at least 4 members (excludes halogenated alkanes) is 4. The standard InChI is InChI=1S/C11H14Cl2.C11H15Cl.C10H20/c12-11(13)9-4-3-8-6-1-2-7(5-6)10(8)9;12-6-9-3-4-10-7-1-2-8(5-7)11(9)10;1-3-5-7-9-10-8-6-4-2/h1-2,6-11H,3-5H2;1-2,7-11H,3-6H2;5,7H,3-4,6,8-10H2,1-2H3. The molecule has 0 N–H and O–H groups in total. The Morgan fingerprint density at radius 3 is 2.00 bits per heavy atom. The molecule has 0 nitrogen and oxygen atoms in total. The molecule has 4 bridgehead atoms. The molecule has 0 aliphatic heterocycles. The Labute approximate surface area is 231 Å². The maximum absolute atomic E-state index is 6.03.